The molecule has 0 saturated heterocycles. The van der Waals surface area contributed by atoms with Gasteiger partial charge in [0.25, 0.3) is 0 Å². The number of hydrogen-bond acceptors (Lipinski definition) is 4. The zero-order valence-electron chi connectivity index (χ0n) is 12.2. The molecular weight excluding hydrogens is 234 g/mol. The van der Waals surface area contributed by atoms with E-state index in [1.807, 2.05) is 6.92 Å². The molecule has 2 atom stereocenters. The normalized spacial score (nSPS) is 16.6. The van der Waals surface area contributed by atoms with E-state index in [0.717, 1.165) is 6.42 Å². The van der Waals surface area contributed by atoms with Gasteiger partial charge in [-0.1, -0.05) is 13.3 Å². The summed E-state index contributed by atoms with van der Waals surface area (Å²) in [6.07, 6.45) is 1.59. The van der Waals surface area contributed by atoms with Gasteiger partial charge < -0.3 is 19.6 Å². The average Bonchev–Trinajstić information content (AvgIpc) is 2.23. The molecule has 0 rings (SSSR count). The van der Waals surface area contributed by atoms with E-state index in [9.17, 15) is 9.59 Å². The highest BCUT2D eigenvalue weighted by Gasteiger charge is 2.35. The summed E-state index contributed by atoms with van der Waals surface area (Å²) in [5.41, 5.74) is -1.31. The molecule has 106 valence electrons. The summed E-state index contributed by atoms with van der Waals surface area (Å²) in [4.78, 5) is 22.8. The third kappa shape index (κ3) is 5.49. The van der Waals surface area contributed by atoms with Crippen molar-refractivity contribution in [1.82, 2.24) is 5.32 Å². The van der Waals surface area contributed by atoms with E-state index in [0.29, 0.717) is 12.7 Å². The summed E-state index contributed by atoms with van der Waals surface area (Å²) in [5, 5.41) is 2.55. The standard InChI is InChI=1S/C13H25NO4/c1-7-8-13(5,17-6)10(9-15)14-11(16)18-12(2,3)4/h9-10H,7-8H2,1-6H3,(H,14,16). The van der Waals surface area contributed by atoms with Crippen molar-refractivity contribution < 1.29 is 19.1 Å². The Balaban J connectivity index is 4.69. The fourth-order valence-electron chi connectivity index (χ4n) is 1.65. The van der Waals surface area contributed by atoms with Gasteiger partial charge in [-0.15, -0.1) is 0 Å². The van der Waals surface area contributed by atoms with Crippen LogP contribution in [0.3, 0.4) is 0 Å². The number of aldehydes is 1. The maximum absolute atomic E-state index is 11.6. The van der Waals surface area contributed by atoms with Crippen molar-refractivity contribution in [2.24, 2.45) is 0 Å². The Morgan fingerprint density at radius 2 is 1.89 bits per heavy atom. The Labute approximate surface area is 109 Å². The Hall–Kier alpha value is -1.10. The van der Waals surface area contributed by atoms with Gasteiger partial charge in [-0.2, -0.15) is 0 Å². The molecular formula is C13H25NO4. The van der Waals surface area contributed by atoms with Gasteiger partial charge in [0.15, 0.2) is 0 Å². The second kappa shape index (κ2) is 6.73. The summed E-state index contributed by atoms with van der Waals surface area (Å²) < 4.78 is 10.5. The van der Waals surface area contributed by atoms with Crippen LogP contribution >= 0.6 is 0 Å². The SMILES string of the molecule is CCCC(C)(OC)C(C=O)NC(=O)OC(C)(C)C. The Morgan fingerprint density at radius 1 is 1.33 bits per heavy atom. The fourth-order valence-corrected chi connectivity index (χ4v) is 1.65. The number of hydrogen-bond donors (Lipinski definition) is 1. The molecule has 0 spiro atoms. The molecule has 2 unspecified atom stereocenters. The van der Waals surface area contributed by atoms with Crippen LogP contribution < -0.4 is 5.32 Å². The largest absolute Gasteiger partial charge is 0.444 e. The molecule has 1 N–H and O–H groups in total. The molecule has 1 amide bonds. The van der Waals surface area contributed by atoms with E-state index in [1.54, 1.807) is 27.7 Å². The number of rotatable bonds is 6. The molecule has 0 aromatic rings. The van der Waals surface area contributed by atoms with Gasteiger partial charge in [0.1, 0.15) is 17.9 Å². The minimum absolute atomic E-state index is 0.592. The van der Waals surface area contributed by atoms with Crippen molar-refractivity contribution in [1.29, 1.82) is 0 Å². The molecule has 0 fully saturated rings. The molecule has 0 aliphatic rings. The van der Waals surface area contributed by atoms with Crippen molar-refractivity contribution in [3.05, 3.63) is 0 Å². The lowest BCUT2D eigenvalue weighted by atomic mass is 9.92. The summed E-state index contributed by atoms with van der Waals surface area (Å²) >= 11 is 0. The van der Waals surface area contributed by atoms with Gasteiger partial charge in [0, 0.05) is 7.11 Å². The monoisotopic (exact) mass is 259 g/mol. The van der Waals surface area contributed by atoms with E-state index < -0.39 is 23.3 Å². The van der Waals surface area contributed by atoms with Crippen molar-refractivity contribution in [3.63, 3.8) is 0 Å². The predicted octanol–water partition coefficient (Wildman–Crippen LogP) is 2.28. The van der Waals surface area contributed by atoms with Crippen molar-refractivity contribution in [3.8, 4) is 0 Å². The summed E-state index contributed by atoms with van der Waals surface area (Å²) in [7, 11) is 1.53. The van der Waals surface area contributed by atoms with Gasteiger partial charge in [0.05, 0.1) is 5.60 Å². The molecule has 0 heterocycles. The highest BCUT2D eigenvalue weighted by Crippen LogP contribution is 2.21. The van der Waals surface area contributed by atoms with Crippen LogP contribution in [0.5, 0.6) is 0 Å². The predicted molar refractivity (Wildman–Crippen MR) is 69.5 cm³/mol. The van der Waals surface area contributed by atoms with Gasteiger partial charge in [-0.25, -0.2) is 4.79 Å². The maximum atomic E-state index is 11.6. The Kier molecular flexibility index (Phi) is 6.32. The third-order valence-corrected chi connectivity index (χ3v) is 2.68. The molecule has 5 heteroatoms. The van der Waals surface area contributed by atoms with Gasteiger partial charge in [-0.3, -0.25) is 0 Å². The number of ether oxygens (including phenoxy) is 2. The summed E-state index contributed by atoms with van der Waals surface area (Å²) in [5.74, 6) is 0. The van der Waals surface area contributed by atoms with Crippen molar-refractivity contribution in [2.45, 2.75) is 64.7 Å². The number of carbonyl (C=O) groups excluding carboxylic acids is 2. The highest BCUT2D eigenvalue weighted by molar-refractivity contribution is 5.74. The van der Waals surface area contributed by atoms with Gasteiger partial charge >= 0.3 is 6.09 Å². The van der Waals surface area contributed by atoms with Crippen LogP contribution in [0.2, 0.25) is 0 Å². The molecule has 0 radical (unpaired) electrons. The molecule has 5 nitrogen and oxygen atoms in total. The van der Waals surface area contributed by atoms with Crippen LogP contribution in [0.25, 0.3) is 0 Å². The minimum atomic E-state index is -0.725. The maximum Gasteiger partial charge on any atom is 0.408 e. The van der Waals surface area contributed by atoms with Crippen LogP contribution in [0.4, 0.5) is 4.79 Å². The molecule has 0 aromatic carbocycles. The molecule has 0 aliphatic carbocycles. The van der Waals surface area contributed by atoms with E-state index in [2.05, 4.69) is 5.32 Å². The fraction of sp³-hybridized carbons (Fsp3) is 0.846. The Morgan fingerprint density at radius 3 is 2.22 bits per heavy atom. The first kappa shape index (κ1) is 16.9. The molecule has 0 aromatic heterocycles. The quantitative estimate of drug-likeness (QED) is 0.743. The van der Waals surface area contributed by atoms with Crippen molar-refractivity contribution in [2.75, 3.05) is 7.11 Å². The van der Waals surface area contributed by atoms with Crippen LogP contribution in [-0.2, 0) is 14.3 Å². The van der Waals surface area contributed by atoms with E-state index >= 15 is 0 Å². The van der Waals surface area contributed by atoms with Crippen LogP contribution in [-0.4, -0.2) is 36.7 Å². The zero-order chi connectivity index (χ0) is 14.4. The lowest BCUT2D eigenvalue weighted by Crippen LogP contribution is -2.54. The third-order valence-electron chi connectivity index (χ3n) is 2.68. The Bertz CT molecular complexity index is 285. The second-order valence-corrected chi connectivity index (χ2v) is 5.53. The second-order valence-electron chi connectivity index (χ2n) is 5.53. The lowest BCUT2D eigenvalue weighted by Gasteiger charge is -2.34. The molecule has 18 heavy (non-hydrogen) atoms. The number of amides is 1. The number of nitrogens with one attached hydrogen (secondary N) is 1. The summed E-state index contributed by atoms with van der Waals surface area (Å²) in [6, 6.07) is -0.725. The van der Waals surface area contributed by atoms with Gasteiger partial charge in [0.2, 0.25) is 0 Å². The average molecular weight is 259 g/mol. The first-order valence-electron chi connectivity index (χ1n) is 6.18. The zero-order valence-corrected chi connectivity index (χ0v) is 12.2. The highest BCUT2D eigenvalue weighted by atomic mass is 16.6. The molecule has 0 aliphatic heterocycles. The van der Waals surface area contributed by atoms with E-state index in [4.69, 9.17) is 9.47 Å². The first-order valence-corrected chi connectivity index (χ1v) is 6.18. The smallest absolute Gasteiger partial charge is 0.408 e. The minimum Gasteiger partial charge on any atom is -0.444 e. The van der Waals surface area contributed by atoms with Gasteiger partial charge in [-0.05, 0) is 34.1 Å². The number of carbonyl (C=O) groups is 2. The lowest BCUT2D eigenvalue weighted by molar-refractivity contribution is -0.118. The molecule has 0 bridgehead atoms. The molecule has 0 saturated carbocycles. The summed E-state index contributed by atoms with van der Waals surface area (Å²) in [6.45, 7) is 9.09. The van der Waals surface area contributed by atoms with Crippen LogP contribution in [0.1, 0.15) is 47.5 Å². The first-order chi connectivity index (χ1) is 8.18. The van der Waals surface area contributed by atoms with Crippen LogP contribution in [0, 0.1) is 0 Å². The van der Waals surface area contributed by atoms with E-state index in [-0.39, 0.29) is 0 Å². The number of alkyl carbamates (subject to hydrolysis) is 1. The number of methoxy groups -OCH3 is 1. The van der Waals surface area contributed by atoms with Crippen molar-refractivity contribution >= 4 is 12.4 Å². The van der Waals surface area contributed by atoms with Crippen LogP contribution in [0.15, 0.2) is 0 Å². The topological polar surface area (TPSA) is 64.6 Å². The van der Waals surface area contributed by atoms with E-state index in [1.165, 1.54) is 7.11 Å².